The van der Waals surface area contributed by atoms with Gasteiger partial charge in [-0.3, -0.25) is 4.79 Å². The van der Waals surface area contributed by atoms with E-state index in [1.54, 1.807) is 18.2 Å². The highest BCUT2D eigenvalue weighted by Crippen LogP contribution is 2.24. The molecular formula is C29H28ClN3O3S. The van der Waals surface area contributed by atoms with Crippen molar-refractivity contribution in [3.05, 3.63) is 99.8 Å². The molecule has 8 heteroatoms. The summed E-state index contributed by atoms with van der Waals surface area (Å²) < 4.78 is 28.7. The first-order valence-electron chi connectivity index (χ1n) is 12.1. The molecule has 0 radical (unpaired) electrons. The van der Waals surface area contributed by atoms with Crippen LogP contribution in [0.5, 0.6) is 0 Å². The molecule has 0 aliphatic rings. The summed E-state index contributed by atoms with van der Waals surface area (Å²) in [5, 5.41) is 0.577. The van der Waals surface area contributed by atoms with E-state index in [0.29, 0.717) is 23.5 Å². The van der Waals surface area contributed by atoms with Crippen molar-refractivity contribution < 1.29 is 13.2 Å². The van der Waals surface area contributed by atoms with Gasteiger partial charge in [-0.2, -0.15) is 0 Å². The number of fused-ring (bicyclic) bond motifs is 1. The highest BCUT2D eigenvalue weighted by Gasteiger charge is 2.18. The van der Waals surface area contributed by atoms with Gasteiger partial charge in [0.25, 0.3) is 5.91 Å². The number of hydrogen-bond donors (Lipinski definition) is 1. The summed E-state index contributed by atoms with van der Waals surface area (Å²) in [6.45, 7) is 4.31. The average molecular weight is 534 g/mol. The van der Waals surface area contributed by atoms with Crippen LogP contribution in [0.15, 0.2) is 66.7 Å². The van der Waals surface area contributed by atoms with Crippen LogP contribution in [0.1, 0.15) is 59.1 Å². The molecule has 0 unspecified atom stereocenters. The van der Waals surface area contributed by atoms with E-state index in [-0.39, 0.29) is 11.3 Å². The Balaban J connectivity index is 1.56. The lowest BCUT2D eigenvalue weighted by atomic mass is 10.1. The fourth-order valence-corrected chi connectivity index (χ4v) is 5.29. The monoisotopic (exact) mass is 533 g/mol. The molecule has 0 saturated carbocycles. The third-order valence-corrected chi connectivity index (χ3v) is 7.65. The molecule has 0 fully saturated rings. The van der Waals surface area contributed by atoms with Gasteiger partial charge < -0.3 is 4.57 Å². The molecule has 0 bridgehead atoms. The van der Waals surface area contributed by atoms with Crippen molar-refractivity contribution in [1.29, 1.82) is 0 Å². The largest absolute Gasteiger partial charge is 0.324 e. The molecule has 0 spiro atoms. The van der Waals surface area contributed by atoms with Crippen LogP contribution in [0.3, 0.4) is 0 Å². The zero-order valence-corrected chi connectivity index (χ0v) is 22.4. The van der Waals surface area contributed by atoms with E-state index in [9.17, 15) is 13.2 Å². The first-order valence-corrected chi connectivity index (χ1v) is 14.2. The van der Waals surface area contributed by atoms with Gasteiger partial charge in [-0.25, -0.2) is 18.1 Å². The second-order valence-corrected chi connectivity index (χ2v) is 11.1. The van der Waals surface area contributed by atoms with Crippen LogP contribution < -0.4 is 4.72 Å². The van der Waals surface area contributed by atoms with Crippen LogP contribution in [0.4, 0.5) is 0 Å². The fourth-order valence-electron chi connectivity index (χ4n) is 3.97. The number of aryl methyl sites for hydroxylation is 1. The lowest BCUT2D eigenvalue weighted by molar-refractivity contribution is 0.0981. The number of imidazole rings is 1. The third-order valence-electron chi connectivity index (χ3n) is 5.97. The minimum Gasteiger partial charge on any atom is -0.324 e. The van der Waals surface area contributed by atoms with Crippen LogP contribution in [0.2, 0.25) is 5.02 Å². The fraction of sp³-hybridized carbons (Fsp3) is 0.241. The van der Waals surface area contributed by atoms with Gasteiger partial charge >= 0.3 is 0 Å². The molecule has 1 N–H and O–H groups in total. The Labute approximate surface area is 222 Å². The molecule has 4 aromatic rings. The first-order chi connectivity index (χ1) is 17.8. The Hall–Kier alpha value is -3.60. The molecule has 1 heterocycles. The highest BCUT2D eigenvalue weighted by atomic mass is 35.5. The average Bonchev–Trinajstić information content (AvgIpc) is 3.18. The summed E-state index contributed by atoms with van der Waals surface area (Å²) in [5.41, 5.74) is 4.30. The third kappa shape index (κ3) is 6.79. The molecule has 37 heavy (non-hydrogen) atoms. The summed E-state index contributed by atoms with van der Waals surface area (Å²) in [4.78, 5) is 17.3. The van der Waals surface area contributed by atoms with Crippen LogP contribution >= 0.6 is 11.6 Å². The second-order valence-electron chi connectivity index (χ2n) is 8.83. The number of hydrogen-bond acceptors (Lipinski definition) is 4. The van der Waals surface area contributed by atoms with Gasteiger partial charge in [0.2, 0.25) is 10.0 Å². The van der Waals surface area contributed by atoms with Crippen LogP contribution in [0.25, 0.3) is 11.0 Å². The lowest BCUT2D eigenvalue weighted by Gasteiger charge is -2.10. The van der Waals surface area contributed by atoms with Gasteiger partial charge in [-0.05, 0) is 61.4 Å². The van der Waals surface area contributed by atoms with Crippen molar-refractivity contribution in [3.8, 4) is 11.8 Å². The maximum absolute atomic E-state index is 12.7. The number of aromatic nitrogens is 2. The molecule has 0 aliphatic heterocycles. The van der Waals surface area contributed by atoms with E-state index in [0.717, 1.165) is 40.9 Å². The minimum absolute atomic E-state index is 0.0733. The SMILES string of the molecule is CCCCCS(=O)(=O)NC(=O)c1ccc2nc(C)n(Cc3ccc(C#Cc4ccccc4)cc3Cl)c2c1. The Morgan fingerprint density at radius 2 is 1.76 bits per heavy atom. The Morgan fingerprint density at radius 3 is 2.49 bits per heavy atom. The number of unbranched alkanes of at least 4 members (excludes halogenated alkanes) is 2. The Morgan fingerprint density at radius 1 is 1.00 bits per heavy atom. The van der Waals surface area contributed by atoms with Crippen molar-refractivity contribution >= 4 is 38.6 Å². The summed E-state index contributed by atoms with van der Waals surface area (Å²) in [6, 6.07) is 20.4. The standard InChI is InChI=1S/C29H28ClN3O3S/c1-3-4-8-17-37(35,36)32-29(34)24-15-16-27-28(19-24)33(21(2)31-27)20-25-14-13-23(18-26(25)30)12-11-22-9-6-5-7-10-22/h5-7,9-10,13-16,18-19H,3-4,8,17,20H2,1-2H3,(H,32,34). The molecule has 4 rings (SSSR count). The zero-order valence-electron chi connectivity index (χ0n) is 20.8. The van der Waals surface area contributed by atoms with Crippen molar-refractivity contribution in [2.45, 2.75) is 39.7 Å². The van der Waals surface area contributed by atoms with E-state index < -0.39 is 15.9 Å². The summed E-state index contributed by atoms with van der Waals surface area (Å²) in [6.07, 6.45) is 2.21. The number of halogens is 1. The van der Waals surface area contributed by atoms with Crippen molar-refractivity contribution in [3.63, 3.8) is 0 Å². The van der Waals surface area contributed by atoms with E-state index >= 15 is 0 Å². The highest BCUT2D eigenvalue weighted by molar-refractivity contribution is 7.90. The van der Waals surface area contributed by atoms with Crippen LogP contribution in [-0.2, 0) is 16.6 Å². The van der Waals surface area contributed by atoms with Crippen molar-refractivity contribution in [2.75, 3.05) is 5.75 Å². The van der Waals surface area contributed by atoms with Crippen LogP contribution in [0, 0.1) is 18.8 Å². The number of carbonyl (C=O) groups is 1. The van der Waals surface area contributed by atoms with E-state index in [1.807, 2.05) is 66.9 Å². The molecule has 190 valence electrons. The van der Waals surface area contributed by atoms with E-state index in [1.165, 1.54) is 0 Å². The molecule has 1 amide bonds. The lowest BCUT2D eigenvalue weighted by Crippen LogP contribution is -2.32. The molecule has 0 saturated heterocycles. The number of nitrogens with one attached hydrogen (secondary N) is 1. The first kappa shape index (κ1) is 26.5. The van der Waals surface area contributed by atoms with E-state index in [2.05, 4.69) is 21.5 Å². The molecule has 6 nitrogen and oxygen atoms in total. The van der Waals surface area contributed by atoms with Gasteiger partial charge in [0.1, 0.15) is 5.82 Å². The topological polar surface area (TPSA) is 81.1 Å². The van der Waals surface area contributed by atoms with Gasteiger partial charge in [0, 0.05) is 21.7 Å². The number of carbonyl (C=O) groups excluding carboxylic acids is 1. The maximum atomic E-state index is 12.7. The summed E-state index contributed by atoms with van der Waals surface area (Å²) in [7, 11) is -3.69. The van der Waals surface area contributed by atoms with Gasteiger partial charge in [-0.1, -0.05) is 67.5 Å². The normalized spacial score (nSPS) is 11.2. The molecule has 3 aromatic carbocycles. The molecule has 0 aliphatic carbocycles. The van der Waals surface area contributed by atoms with E-state index in [4.69, 9.17) is 11.6 Å². The number of benzene rings is 3. The summed E-state index contributed by atoms with van der Waals surface area (Å²) in [5.74, 6) is 6.30. The van der Waals surface area contributed by atoms with Crippen molar-refractivity contribution in [2.24, 2.45) is 0 Å². The quantitative estimate of drug-likeness (QED) is 0.233. The predicted molar refractivity (Wildman–Crippen MR) is 148 cm³/mol. The van der Waals surface area contributed by atoms with Gasteiger partial charge in [0.15, 0.2) is 0 Å². The number of sulfonamides is 1. The molecular weight excluding hydrogens is 506 g/mol. The summed E-state index contributed by atoms with van der Waals surface area (Å²) >= 11 is 6.61. The van der Waals surface area contributed by atoms with Crippen LogP contribution in [-0.4, -0.2) is 29.6 Å². The Kier molecular flexibility index (Phi) is 8.32. The van der Waals surface area contributed by atoms with Crippen molar-refractivity contribution in [1.82, 2.24) is 14.3 Å². The molecule has 0 atom stereocenters. The van der Waals surface area contributed by atoms with Gasteiger partial charge in [0.05, 0.1) is 23.3 Å². The smallest absolute Gasteiger partial charge is 0.264 e. The number of rotatable bonds is 8. The maximum Gasteiger partial charge on any atom is 0.264 e. The minimum atomic E-state index is -3.69. The number of amides is 1. The Bertz CT molecular complexity index is 1600. The molecule has 1 aromatic heterocycles. The zero-order chi connectivity index (χ0) is 26.4. The number of nitrogens with zero attached hydrogens (tertiary/aromatic N) is 2. The predicted octanol–water partition coefficient (Wildman–Crippen LogP) is 5.70. The second kappa shape index (κ2) is 11.6. The van der Waals surface area contributed by atoms with Gasteiger partial charge in [-0.15, -0.1) is 0 Å².